The van der Waals surface area contributed by atoms with E-state index in [1.165, 1.54) is 11.5 Å². The minimum absolute atomic E-state index is 0.0222. The number of nitrogens with zero attached hydrogens (tertiary/aromatic N) is 3. The van der Waals surface area contributed by atoms with Crippen molar-refractivity contribution in [3.8, 4) is 5.75 Å². The number of ketones is 1. The summed E-state index contributed by atoms with van der Waals surface area (Å²) in [4.78, 5) is 30.5. The lowest BCUT2D eigenvalue weighted by atomic mass is 10.2. The van der Waals surface area contributed by atoms with Crippen LogP contribution in [0, 0.1) is 0 Å². The molecule has 6 nitrogen and oxygen atoms in total. The van der Waals surface area contributed by atoms with Crippen molar-refractivity contribution in [2.24, 2.45) is 7.05 Å². The Hall–Kier alpha value is -2.05. The number of carbonyl (C=O) groups is 1. The van der Waals surface area contributed by atoms with Crippen LogP contribution in [0.25, 0.3) is 0 Å². The molecule has 2 aromatic rings. The number of hydrogen-bond donors (Lipinski definition) is 0. The second-order valence-electron chi connectivity index (χ2n) is 5.53. The van der Waals surface area contributed by atoms with Crippen molar-refractivity contribution >= 4 is 34.9 Å². The molecule has 25 heavy (non-hydrogen) atoms. The van der Waals surface area contributed by atoms with E-state index in [4.69, 9.17) is 27.9 Å². The monoisotopic (exact) mass is 383 g/mol. The third kappa shape index (κ3) is 4.14. The molecule has 1 aromatic carbocycles. The Kier molecular flexibility index (Phi) is 6.08. The molecule has 0 spiro atoms. The van der Waals surface area contributed by atoms with E-state index in [9.17, 15) is 9.59 Å². The van der Waals surface area contributed by atoms with Crippen molar-refractivity contribution in [1.29, 1.82) is 0 Å². The molecule has 0 amide bonds. The van der Waals surface area contributed by atoms with Crippen LogP contribution in [0.3, 0.4) is 0 Å². The van der Waals surface area contributed by atoms with Gasteiger partial charge in [0.15, 0.2) is 11.5 Å². The molecule has 0 atom stereocenters. The van der Waals surface area contributed by atoms with Crippen molar-refractivity contribution in [2.75, 3.05) is 18.6 Å². The predicted molar refractivity (Wildman–Crippen MR) is 99.2 cm³/mol. The van der Waals surface area contributed by atoms with Crippen molar-refractivity contribution in [2.45, 2.75) is 20.4 Å². The van der Waals surface area contributed by atoms with E-state index in [0.29, 0.717) is 22.5 Å². The fourth-order valence-electron chi connectivity index (χ4n) is 2.40. The highest BCUT2D eigenvalue weighted by atomic mass is 35.5. The third-order valence-corrected chi connectivity index (χ3v) is 4.20. The lowest BCUT2D eigenvalue weighted by Gasteiger charge is -2.22. The van der Waals surface area contributed by atoms with Gasteiger partial charge in [0.05, 0.1) is 6.61 Å². The molecule has 0 aliphatic carbocycles. The molecule has 134 valence electrons. The Bertz CT molecular complexity index is 865. The smallest absolute Gasteiger partial charge is 0.297 e. The van der Waals surface area contributed by atoms with E-state index in [1.807, 2.05) is 0 Å². The second-order valence-corrected chi connectivity index (χ2v) is 6.38. The van der Waals surface area contributed by atoms with Gasteiger partial charge in [0.1, 0.15) is 0 Å². The minimum Gasteiger partial charge on any atom is -0.486 e. The summed E-state index contributed by atoms with van der Waals surface area (Å²) < 4.78 is 6.67. The number of Topliss-reactive ketones (excluding diaryl/α,β-unsaturated/α-hetero) is 1. The molecule has 0 aliphatic rings. The van der Waals surface area contributed by atoms with E-state index in [1.54, 1.807) is 44.1 Å². The summed E-state index contributed by atoms with van der Waals surface area (Å²) in [7, 11) is 3.34. The van der Waals surface area contributed by atoms with Crippen LogP contribution in [0.4, 0.5) is 5.95 Å². The van der Waals surface area contributed by atoms with E-state index in [2.05, 4.69) is 4.98 Å². The van der Waals surface area contributed by atoms with Crippen LogP contribution in [0.2, 0.25) is 10.0 Å². The fraction of sp³-hybridized carbons (Fsp3) is 0.353. The highest BCUT2D eigenvalue weighted by Gasteiger charge is 2.21. The van der Waals surface area contributed by atoms with Gasteiger partial charge in [-0.25, -0.2) is 4.98 Å². The van der Waals surface area contributed by atoms with Gasteiger partial charge in [0.25, 0.3) is 5.56 Å². The zero-order valence-corrected chi connectivity index (χ0v) is 16.0. The normalized spacial score (nSPS) is 10.6. The van der Waals surface area contributed by atoms with Crippen LogP contribution >= 0.6 is 23.2 Å². The van der Waals surface area contributed by atoms with Gasteiger partial charge in [-0.15, -0.1) is 0 Å². The summed E-state index contributed by atoms with van der Waals surface area (Å²) >= 11 is 12.1. The van der Waals surface area contributed by atoms with Crippen LogP contribution in [0.1, 0.15) is 29.9 Å². The number of benzene rings is 1. The zero-order valence-electron chi connectivity index (χ0n) is 14.5. The van der Waals surface area contributed by atoms with Crippen molar-refractivity contribution < 1.29 is 9.53 Å². The molecule has 1 aromatic heterocycles. The lowest BCUT2D eigenvalue weighted by molar-refractivity contribution is 0.100. The number of hydrogen-bond acceptors (Lipinski definition) is 5. The number of ether oxygens (including phenoxy) is 1. The molecule has 0 bridgehead atoms. The third-order valence-electron chi connectivity index (χ3n) is 3.61. The van der Waals surface area contributed by atoms with Gasteiger partial charge in [-0.3, -0.25) is 14.2 Å². The number of anilines is 1. The fourth-order valence-corrected chi connectivity index (χ4v) is 2.87. The average molecular weight is 384 g/mol. The zero-order chi connectivity index (χ0) is 18.7. The van der Waals surface area contributed by atoms with Gasteiger partial charge in [-0.2, -0.15) is 0 Å². The average Bonchev–Trinajstić information content (AvgIpc) is 2.54. The van der Waals surface area contributed by atoms with E-state index >= 15 is 0 Å². The largest absolute Gasteiger partial charge is 0.486 e. The van der Waals surface area contributed by atoms with Gasteiger partial charge in [0.2, 0.25) is 11.7 Å². The van der Waals surface area contributed by atoms with Crippen LogP contribution in [-0.2, 0) is 13.6 Å². The summed E-state index contributed by atoms with van der Waals surface area (Å²) in [5.41, 5.74) is 0.432. The highest BCUT2D eigenvalue weighted by Crippen LogP contribution is 2.24. The first kappa shape index (κ1) is 19.3. The Morgan fingerprint density at radius 3 is 2.60 bits per heavy atom. The second kappa shape index (κ2) is 7.89. The first-order chi connectivity index (χ1) is 11.8. The quantitative estimate of drug-likeness (QED) is 0.715. The van der Waals surface area contributed by atoms with E-state index in [-0.39, 0.29) is 23.8 Å². The van der Waals surface area contributed by atoms with Crippen LogP contribution in [0.5, 0.6) is 5.75 Å². The summed E-state index contributed by atoms with van der Waals surface area (Å²) in [6, 6.07) is 5.19. The number of aromatic nitrogens is 2. The molecule has 0 unspecified atom stereocenters. The van der Waals surface area contributed by atoms with Crippen LogP contribution < -0.4 is 15.2 Å². The van der Waals surface area contributed by atoms with Crippen molar-refractivity contribution in [3.63, 3.8) is 0 Å². The van der Waals surface area contributed by atoms with Gasteiger partial charge >= 0.3 is 0 Å². The van der Waals surface area contributed by atoms with Crippen molar-refractivity contribution in [3.05, 3.63) is 49.9 Å². The topological polar surface area (TPSA) is 64.4 Å². The van der Waals surface area contributed by atoms with Gasteiger partial charge in [-0.1, -0.05) is 29.3 Å². The molecule has 0 radical (unpaired) electrons. The maximum atomic E-state index is 12.5. The van der Waals surface area contributed by atoms with Crippen LogP contribution in [0.15, 0.2) is 23.0 Å². The number of carbonyl (C=O) groups excluding carboxylic acids is 1. The number of halogens is 2. The highest BCUT2D eigenvalue weighted by molar-refractivity contribution is 6.35. The summed E-state index contributed by atoms with van der Waals surface area (Å²) in [6.45, 7) is 3.75. The van der Waals surface area contributed by atoms with Gasteiger partial charge in [-0.05, 0) is 24.6 Å². The SMILES string of the molecule is CCOc1c(C(C)=O)nc(N(C)Cc2ccc(Cl)cc2Cl)n(C)c1=O. The van der Waals surface area contributed by atoms with E-state index in [0.717, 1.165) is 5.56 Å². The van der Waals surface area contributed by atoms with E-state index < -0.39 is 5.56 Å². The molecule has 1 heterocycles. The molecular formula is C17H19Cl2N3O3. The Labute approximate surface area is 155 Å². The maximum absolute atomic E-state index is 12.5. The Balaban J connectivity index is 2.47. The molecule has 0 saturated heterocycles. The van der Waals surface area contributed by atoms with Gasteiger partial charge < -0.3 is 9.64 Å². The first-order valence-corrected chi connectivity index (χ1v) is 8.41. The number of rotatable bonds is 6. The molecule has 2 rings (SSSR count). The Morgan fingerprint density at radius 2 is 2.04 bits per heavy atom. The minimum atomic E-state index is -0.411. The maximum Gasteiger partial charge on any atom is 0.297 e. The summed E-state index contributed by atoms with van der Waals surface area (Å²) in [5, 5.41) is 1.06. The molecule has 0 aliphatic heterocycles. The predicted octanol–water partition coefficient (Wildman–Crippen LogP) is 3.32. The molecule has 0 N–H and O–H groups in total. The first-order valence-electron chi connectivity index (χ1n) is 7.66. The van der Waals surface area contributed by atoms with Crippen molar-refractivity contribution in [1.82, 2.24) is 9.55 Å². The van der Waals surface area contributed by atoms with Crippen LogP contribution in [-0.4, -0.2) is 29.0 Å². The Morgan fingerprint density at radius 1 is 1.36 bits per heavy atom. The molecular weight excluding hydrogens is 365 g/mol. The summed E-state index contributed by atoms with van der Waals surface area (Å²) in [5.74, 6) is -0.0239. The van der Waals surface area contributed by atoms with Gasteiger partial charge in [0, 0.05) is 37.6 Å². The standard InChI is InChI=1S/C17H19Cl2N3O3/c1-5-25-15-14(10(2)23)20-17(22(4)16(15)24)21(3)9-11-6-7-12(18)8-13(11)19/h6-8H,5,9H2,1-4H3. The lowest BCUT2D eigenvalue weighted by Crippen LogP contribution is -2.31. The molecule has 8 heteroatoms. The molecule has 0 saturated carbocycles. The summed E-state index contributed by atoms with van der Waals surface area (Å²) in [6.07, 6.45) is 0. The molecule has 0 fully saturated rings.